The SMILES string of the molecule is CNC(=O)C[C@@H]1[C@H](O)[C@@H]2O[Si](C(C)C)(C(C)C)O[Si](C(C)C)(C(C)C)OC[C@H]2N1C(=O)OC(C)(C)C. The molecule has 2 heterocycles. The van der Waals surface area contributed by atoms with E-state index in [1.54, 1.807) is 27.8 Å². The molecule has 0 spiro atoms. The Balaban J connectivity index is 2.70. The largest absolute Gasteiger partial charge is 0.444 e. The summed E-state index contributed by atoms with van der Waals surface area (Å²) in [5.74, 6) is -0.275. The summed E-state index contributed by atoms with van der Waals surface area (Å²) in [4.78, 5) is 27.5. The standard InChI is InChI=1S/C25H50N2O7Si2/c1-15(2)35(16(3)4)31-14-20-23(33-36(34-35,17(5)6)18(7)8)22(29)19(13-21(28)26-12)27(20)24(30)32-25(9,10)11/h15-20,22-23,29H,13-14H2,1-12H3,(H,26,28)/t19-,20-,22+,23-/m1/s1. The van der Waals surface area contributed by atoms with E-state index >= 15 is 0 Å². The van der Waals surface area contributed by atoms with E-state index in [2.05, 4.69) is 60.7 Å². The number of aliphatic hydroxyl groups excluding tert-OH is 1. The lowest BCUT2D eigenvalue weighted by Gasteiger charge is -2.52. The molecule has 9 nitrogen and oxygen atoms in total. The van der Waals surface area contributed by atoms with Gasteiger partial charge in [0.25, 0.3) is 0 Å². The van der Waals surface area contributed by atoms with Crippen molar-refractivity contribution in [3.8, 4) is 0 Å². The summed E-state index contributed by atoms with van der Waals surface area (Å²) < 4.78 is 26.7. The van der Waals surface area contributed by atoms with Crippen molar-refractivity contribution in [3.05, 3.63) is 0 Å². The van der Waals surface area contributed by atoms with Gasteiger partial charge in [-0.2, -0.15) is 0 Å². The summed E-state index contributed by atoms with van der Waals surface area (Å²) >= 11 is 0. The number of fused-ring (bicyclic) bond motifs is 1. The van der Waals surface area contributed by atoms with E-state index in [1.165, 1.54) is 4.90 Å². The van der Waals surface area contributed by atoms with Crippen LogP contribution in [-0.4, -0.2) is 82.7 Å². The van der Waals surface area contributed by atoms with Crippen LogP contribution in [0.15, 0.2) is 0 Å². The highest BCUT2D eigenvalue weighted by atomic mass is 28.5. The minimum absolute atomic E-state index is 0.0665. The van der Waals surface area contributed by atoms with Gasteiger partial charge in [-0.25, -0.2) is 4.79 Å². The van der Waals surface area contributed by atoms with E-state index in [0.717, 1.165) is 0 Å². The normalized spacial score (nSPS) is 28.3. The number of aliphatic hydroxyl groups is 1. The van der Waals surface area contributed by atoms with Crippen LogP contribution in [0.5, 0.6) is 0 Å². The Morgan fingerprint density at radius 1 is 1.00 bits per heavy atom. The fraction of sp³-hybridized carbons (Fsp3) is 0.920. The smallest absolute Gasteiger partial charge is 0.411 e. The maximum atomic E-state index is 13.5. The number of rotatable bonds is 6. The average molecular weight is 547 g/mol. The summed E-state index contributed by atoms with van der Waals surface area (Å²) in [6.45, 7) is 22.5. The lowest BCUT2D eigenvalue weighted by Crippen LogP contribution is -2.66. The van der Waals surface area contributed by atoms with Crippen LogP contribution in [0.3, 0.4) is 0 Å². The van der Waals surface area contributed by atoms with Gasteiger partial charge in [0.15, 0.2) is 0 Å². The summed E-state index contributed by atoms with van der Waals surface area (Å²) in [6, 6.07) is -1.42. The number of hydrogen-bond acceptors (Lipinski definition) is 7. The van der Waals surface area contributed by atoms with Crippen LogP contribution in [0.2, 0.25) is 22.2 Å². The van der Waals surface area contributed by atoms with Crippen LogP contribution in [0.1, 0.15) is 82.6 Å². The molecule has 0 aromatic carbocycles. The van der Waals surface area contributed by atoms with Gasteiger partial charge >= 0.3 is 23.2 Å². The Morgan fingerprint density at radius 2 is 1.50 bits per heavy atom. The van der Waals surface area contributed by atoms with Crippen LogP contribution in [0, 0.1) is 0 Å². The first-order valence-electron chi connectivity index (χ1n) is 13.3. The molecular formula is C25H50N2O7Si2. The van der Waals surface area contributed by atoms with E-state index in [1.807, 2.05) is 0 Å². The molecule has 2 rings (SSSR count). The van der Waals surface area contributed by atoms with Crippen molar-refractivity contribution >= 4 is 29.1 Å². The summed E-state index contributed by atoms with van der Waals surface area (Å²) in [5.41, 5.74) is -0.309. The average Bonchev–Trinajstić information content (AvgIpc) is 2.96. The Bertz CT molecular complexity index is 769. The van der Waals surface area contributed by atoms with Gasteiger partial charge in [0.05, 0.1) is 24.8 Å². The molecule has 4 atom stereocenters. The monoisotopic (exact) mass is 546 g/mol. The maximum Gasteiger partial charge on any atom is 0.411 e. The molecular weight excluding hydrogens is 496 g/mol. The molecule has 0 aliphatic carbocycles. The van der Waals surface area contributed by atoms with Crippen molar-refractivity contribution in [1.82, 2.24) is 10.2 Å². The molecule has 0 aromatic heterocycles. The molecule has 0 aromatic rings. The van der Waals surface area contributed by atoms with E-state index < -0.39 is 53.1 Å². The molecule has 2 fully saturated rings. The number of nitrogens with zero attached hydrogens (tertiary/aromatic N) is 1. The first-order valence-corrected chi connectivity index (χ1v) is 17.3. The first-order chi connectivity index (χ1) is 16.4. The van der Waals surface area contributed by atoms with E-state index in [0.29, 0.717) is 0 Å². The Kier molecular flexibility index (Phi) is 9.89. The Morgan fingerprint density at radius 3 is 1.92 bits per heavy atom. The van der Waals surface area contributed by atoms with E-state index in [9.17, 15) is 14.7 Å². The zero-order valence-corrected chi connectivity index (χ0v) is 26.4. The number of carbonyl (C=O) groups excluding carboxylic acids is 2. The third kappa shape index (κ3) is 6.01. The maximum absolute atomic E-state index is 13.5. The lowest BCUT2D eigenvalue weighted by atomic mass is 10.1. The molecule has 11 heteroatoms. The molecule has 2 amide bonds. The van der Waals surface area contributed by atoms with Gasteiger partial charge < -0.3 is 28.1 Å². The van der Waals surface area contributed by atoms with Crippen LogP contribution in [0.4, 0.5) is 4.79 Å². The number of hydrogen-bond donors (Lipinski definition) is 2. The van der Waals surface area contributed by atoms with Gasteiger partial charge in [0, 0.05) is 13.5 Å². The molecule has 0 bridgehead atoms. The van der Waals surface area contributed by atoms with Crippen LogP contribution < -0.4 is 5.32 Å². The highest BCUT2D eigenvalue weighted by Gasteiger charge is 2.63. The van der Waals surface area contributed by atoms with Crippen LogP contribution in [0.25, 0.3) is 0 Å². The molecule has 36 heavy (non-hydrogen) atoms. The highest BCUT2D eigenvalue weighted by Crippen LogP contribution is 2.48. The van der Waals surface area contributed by atoms with Gasteiger partial charge in [-0.3, -0.25) is 9.69 Å². The topological polar surface area (TPSA) is 107 Å². The second-order valence-electron chi connectivity index (χ2n) is 12.4. The van der Waals surface area contributed by atoms with E-state index in [-0.39, 0.29) is 41.1 Å². The minimum atomic E-state index is -3.00. The fourth-order valence-corrected chi connectivity index (χ4v) is 16.8. The predicted molar refractivity (Wildman–Crippen MR) is 144 cm³/mol. The van der Waals surface area contributed by atoms with Crippen LogP contribution in [-0.2, 0) is 22.5 Å². The molecule has 0 radical (unpaired) electrons. The number of amides is 2. The first kappa shape index (κ1) is 31.2. The van der Waals surface area contributed by atoms with Crippen molar-refractivity contribution < 1.29 is 32.4 Å². The molecule has 2 aliphatic rings. The number of ether oxygens (including phenoxy) is 1. The third-order valence-electron chi connectivity index (χ3n) is 7.44. The van der Waals surface area contributed by atoms with Gasteiger partial charge in [-0.05, 0) is 42.9 Å². The minimum Gasteiger partial charge on any atom is -0.444 e. The van der Waals surface area contributed by atoms with Crippen molar-refractivity contribution in [3.63, 3.8) is 0 Å². The third-order valence-corrected chi connectivity index (χ3v) is 17.7. The second-order valence-corrected chi connectivity index (χ2v) is 21.3. The van der Waals surface area contributed by atoms with Crippen molar-refractivity contribution in [2.45, 2.75) is 135 Å². The summed E-state index contributed by atoms with van der Waals surface area (Å²) in [5, 5.41) is 14.2. The Labute approximate surface area is 220 Å². The molecule has 210 valence electrons. The molecule has 2 aliphatic heterocycles. The quantitative estimate of drug-likeness (QED) is 0.475. The van der Waals surface area contributed by atoms with E-state index in [4.69, 9.17) is 17.7 Å². The zero-order chi connectivity index (χ0) is 27.8. The van der Waals surface area contributed by atoms with Gasteiger partial charge in [-0.15, -0.1) is 0 Å². The predicted octanol–water partition coefficient (Wildman–Crippen LogP) is 4.43. The van der Waals surface area contributed by atoms with Crippen molar-refractivity contribution in [1.29, 1.82) is 0 Å². The number of carbonyl (C=O) groups is 2. The molecule has 0 saturated carbocycles. The molecule has 2 N–H and O–H groups in total. The summed E-state index contributed by atoms with van der Waals surface area (Å²) in [6.07, 6.45) is -2.50. The second kappa shape index (κ2) is 11.4. The molecule has 0 unspecified atom stereocenters. The number of likely N-dealkylation sites (tertiary alicyclic amines) is 1. The number of nitrogens with one attached hydrogen (secondary N) is 1. The summed E-state index contributed by atoms with van der Waals surface area (Å²) in [7, 11) is -4.30. The van der Waals surface area contributed by atoms with Gasteiger partial charge in [0.1, 0.15) is 11.7 Å². The fourth-order valence-electron chi connectivity index (χ4n) is 5.58. The van der Waals surface area contributed by atoms with Gasteiger partial charge in [0.2, 0.25) is 5.91 Å². The van der Waals surface area contributed by atoms with Crippen molar-refractivity contribution in [2.75, 3.05) is 13.7 Å². The Hall–Kier alpha value is -0.986. The van der Waals surface area contributed by atoms with Gasteiger partial charge in [-0.1, -0.05) is 55.4 Å². The molecule has 2 saturated heterocycles. The van der Waals surface area contributed by atoms with Crippen molar-refractivity contribution in [2.24, 2.45) is 0 Å². The highest BCUT2D eigenvalue weighted by molar-refractivity contribution is 6.84. The lowest BCUT2D eigenvalue weighted by molar-refractivity contribution is -0.122. The van der Waals surface area contributed by atoms with Crippen LogP contribution >= 0.6 is 0 Å². The zero-order valence-electron chi connectivity index (χ0n) is 24.4.